The van der Waals surface area contributed by atoms with E-state index < -0.39 is 28.3 Å². The minimum atomic E-state index is -4.68. The maximum Gasteiger partial charge on any atom is 0.417 e. The van der Waals surface area contributed by atoms with Crippen LogP contribution in [0.3, 0.4) is 0 Å². The molecule has 0 spiro atoms. The van der Waals surface area contributed by atoms with Gasteiger partial charge in [0.15, 0.2) is 0 Å². The van der Waals surface area contributed by atoms with Crippen molar-refractivity contribution >= 4 is 17.3 Å². The highest BCUT2D eigenvalue weighted by molar-refractivity contribution is 6.31. The van der Waals surface area contributed by atoms with Crippen molar-refractivity contribution < 1.29 is 22.8 Å². The van der Waals surface area contributed by atoms with Crippen LogP contribution in [0.2, 0.25) is 5.02 Å². The highest BCUT2D eigenvalue weighted by Gasteiger charge is 2.34. The predicted octanol–water partition coefficient (Wildman–Crippen LogP) is 3.30. The number of hydrogen-bond donors (Lipinski definition) is 2. The van der Waals surface area contributed by atoms with E-state index in [1.807, 2.05) is 0 Å². The topological polar surface area (TPSA) is 32.3 Å². The molecule has 0 atom stereocenters. The number of benzene rings is 1. The Morgan fingerprint density at radius 3 is 2.29 bits per heavy atom. The van der Waals surface area contributed by atoms with E-state index in [4.69, 9.17) is 16.8 Å². The summed E-state index contributed by atoms with van der Waals surface area (Å²) in [7, 11) is 0. The first-order chi connectivity index (χ1) is 6.36. The second-order valence-electron chi connectivity index (χ2n) is 2.42. The lowest BCUT2D eigenvalue weighted by atomic mass is 10.2. The molecule has 0 fully saturated rings. The molecule has 7 heteroatoms. The summed E-state index contributed by atoms with van der Waals surface area (Å²) in [5.41, 5.74) is -0.589. The Morgan fingerprint density at radius 2 is 1.86 bits per heavy atom. The summed E-state index contributed by atoms with van der Waals surface area (Å²) in [6.45, 7) is 0. The van der Waals surface area contributed by atoms with E-state index in [1.165, 1.54) is 5.48 Å². The molecule has 1 aromatic carbocycles. The molecule has 0 aliphatic rings. The first kappa shape index (κ1) is 11.1. The molecule has 0 amide bonds. The van der Waals surface area contributed by atoms with Gasteiger partial charge in [0.25, 0.3) is 0 Å². The van der Waals surface area contributed by atoms with E-state index in [-0.39, 0.29) is 0 Å². The van der Waals surface area contributed by atoms with Crippen molar-refractivity contribution in [1.82, 2.24) is 0 Å². The Kier molecular flexibility index (Phi) is 2.86. The Hall–Kier alpha value is -1.01. The molecule has 0 unspecified atom stereocenters. The van der Waals surface area contributed by atoms with Gasteiger partial charge in [-0.3, -0.25) is 10.7 Å². The molecule has 1 aromatic rings. The molecule has 78 valence electrons. The zero-order valence-electron chi connectivity index (χ0n) is 6.49. The van der Waals surface area contributed by atoms with Crippen molar-refractivity contribution in [3.8, 4) is 0 Å². The normalized spacial score (nSPS) is 11.6. The van der Waals surface area contributed by atoms with Gasteiger partial charge in [0.1, 0.15) is 5.82 Å². The summed E-state index contributed by atoms with van der Waals surface area (Å²) < 4.78 is 49.3. The van der Waals surface area contributed by atoms with E-state index in [9.17, 15) is 17.6 Å². The summed E-state index contributed by atoms with van der Waals surface area (Å²) in [6.07, 6.45) is -4.68. The monoisotopic (exact) mass is 229 g/mol. The Bertz CT molecular complexity index is 352. The third kappa shape index (κ3) is 2.08. The van der Waals surface area contributed by atoms with Crippen LogP contribution in [0.1, 0.15) is 5.56 Å². The van der Waals surface area contributed by atoms with Gasteiger partial charge in [-0.1, -0.05) is 11.6 Å². The fourth-order valence-corrected chi connectivity index (χ4v) is 1.11. The average molecular weight is 230 g/mol. The largest absolute Gasteiger partial charge is 0.417 e. The van der Waals surface area contributed by atoms with Crippen LogP contribution in [0.25, 0.3) is 0 Å². The molecule has 14 heavy (non-hydrogen) atoms. The van der Waals surface area contributed by atoms with Crippen LogP contribution in [0.15, 0.2) is 12.1 Å². The molecule has 0 bridgehead atoms. The van der Waals surface area contributed by atoms with Gasteiger partial charge >= 0.3 is 6.18 Å². The van der Waals surface area contributed by atoms with Gasteiger partial charge in [0, 0.05) is 0 Å². The minimum Gasteiger partial charge on any atom is -0.291 e. The third-order valence-corrected chi connectivity index (χ3v) is 1.80. The molecule has 0 aliphatic heterocycles. The first-order valence-electron chi connectivity index (χ1n) is 3.32. The van der Waals surface area contributed by atoms with E-state index in [1.54, 1.807) is 0 Å². The average Bonchev–Trinajstić information content (AvgIpc) is 2.02. The van der Waals surface area contributed by atoms with Gasteiger partial charge < -0.3 is 0 Å². The standard InChI is InChI=1S/C7H4ClF4NO/c8-4-2-5(9)6(13-14)1-3(4)7(10,11)12/h1-2,13-14H. The zero-order chi connectivity index (χ0) is 10.9. The van der Waals surface area contributed by atoms with Crippen LogP contribution in [-0.2, 0) is 6.18 Å². The summed E-state index contributed by atoms with van der Waals surface area (Å²) in [5.74, 6) is -1.06. The molecule has 0 aromatic heterocycles. The highest BCUT2D eigenvalue weighted by atomic mass is 35.5. The van der Waals surface area contributed by atoms with Crippen LogP contribution in [0.5, 0.6) is 0 Å². The van der Waals surface area contributed by atoms with Crippen LogP contribution in [-0.4, -0.2) is 5.21 Å². The van der Waals surface area contributed by atoms with Crippen LogP contribution < -0.4 is 5.48 Å². The van der Waals surface area contributed by atoms with Gasteiger partial charge in [0.2, 0.25) is 0 Å². The summed E-state index contributed by atoms with van der Waals surface area (Å²) in [6, 6.07) is 0.862. The molecule has 0 heterocycles. The quantitative estimate of drug-likeness (QED) is 0.572. The first-order valence-corrected chi connectivity index (χ1v) is 3.70. The van der Waals surface area contributed by atoms with Crippen molar-refractivity contribution in [2.75, 3.05) is 5.48 Å². The van der Waals surface area contributed by atoms with E-state index in [0.29, 0.717) is 12.1 Å². The van der Waals surface area contributed by atoms with Crippen LogP contribution in [0, 0.1) is 5.82 Å². The van der Waals surface area contributed by atoms with Crippen LogP contribution >= 0.6 is 11.6 Å². The molecular formula is C7H4ClF4NO. The molecule has 2 N–H and O–H groups in total. The van der Waals surface area contributed by atoms with Gasteiger partial charge in [0.05, 0.1) is 16.3 Å². The second-order valence-corrected chi connectivity index (χ2v) is 2.83. The van der Waals surface area contributed by atoms with Gasteiger partial charge in [-0.05, 0) is 12.1 Å². The molecule has 0 radical (unpaired) electrons. The maximum atomic E-state index is 12.7. The number of rotatable bonds is 1. The van der Waals surface area contributed by atoms with Crippen molar-refractivity contribution in [2.45, 2.75) is 6.18 Å². The van der Waals surface area contributed by atoms with E-state index in [2.05, 4.69) is 0 Å². The number of anilines is 1. The maximum absolute atomic E-state index is 12.7. The number of alkyl halides is 3. The third-order valence-electron chi connectivity index (χ3n) is 1.48. The fourth-order valence-electron chi connectivity index (χ4n) is 0.852. The van der Waals surface area contributed by atoms with Gasteiger partial charge in [-0.25, -0.2) is 4.39 Å². The fraction of sp³-hybridized carbons (Fsp3) is 0.143. The molecule has 0 saturated carbocycles. The number of hydrogen-bond acceptors (Lipinski definition) is 2. The van der Waals surface area contributed by atoms with E-state index >= 15 is 0 Å². The number of nitrogens with one attached hydrogen (secondary N) is 1. The molecule has 1 rings (SSSR count). The SMILES string of the molecule is ONc1cc(C(F)(F)F)c(Cl)cc1F. The van der Waals surface area contributed by atoms with Crippen molar-refractivity contribution in [2.24, 2.45) is 0 Å². The summed E-state index contributed by atoms with van der Waals surface area (Å²) in [5, 5.41) is 7.54. The molecule has 0 aliphatic carbocycles. The minimum absolute atomic E-state index is 0.387. The van der Waals surface area contributed by atoms with Gasteiger partial charge in [-0.2, -0.15) is 13.2 Å². The van der Waals surface area contributed by atoms with E-state index in [0.717, 1.165) is 0 Å². The highest BCUT2D eigenvalue weighted by Crippen LogP contribution is 2.37. The smallest absolute Gasteiger partial charge is 0.291 e. The van der Waals surface area contributed by atoms with Crippen molar-refractivity contribution in [1.29, 1.82) is 0 Å². The lowest BCUT2D eigenvalue weighted by molar-refractivity contribution is -0.137. The predicted molar refractivity (Wildman–Crippen MR) is 41.8 cm³/mol. The summed E-state index contributed by atoms with van der Waals surface area (Å²) >= 11 is 5.17. The molecule has 2 nitrogen and oxygen atoms in total. The van der Waals surface area contributed by atoms with Gasteiger partial charge in [-0.15, -0.1) is 0 Å². The Morgan fingerprint density at radius 1 is 1.29 bits per heavy atom. The lowest BCUT2D eigenvalue weighted by Crippen LogP contribution is -2.07. The van der Waals surface area contributed by atoms with Crippen molar-refractivity contribution in [3.63, 3.8) is 0 Å². The van der Waals surface area contributed by atoms with Crippen molar-refractivity contribution in [3.05, 3.63) is 28.5 Å². The number of halogens is 5. The lowest BCUT2D eigenvalue weighted by Gasteiger charge is -2.10. The Labute approximate surface area is 81.1 Å². The van der Waals surface area contributed by atoms with Crippen LogP contribution in [0.4, 0.5) is 23.2 Å². The molecular weight excluding hydrogens is 226 g/mol. The second kappa shape index (κ2) is 3.62. The summed E-state index contributed by atoms with van der Waals surface area (Å²) in [4.78, 5) is 0. The zero-order valence-corrected chi connectivity index (χ0v) is 7.25. The molecule has 0 saturated heterocycles. The Balaban J connectivity index is 3.32.